The highest BCUT2D eigenvalue weighted by Crippen LogP contribution is 2.27. The van der Waals surface area contributed by atoms with Crippen molar-refractivity contribution in [3.05, 3.63) is 47.9 Å². The van der Waals surface area contributed by atoms with Crippen molar-refractivity contribution in [1.82, 2.24) is 9.97 Å². The molecule has 0 spiro atoms. The van der Waals surface area contributed by atoms with Crippen LogP contribution < -0.4 is 16.0 Å². The summed E-state index contributed by atoms with van der Waals surface area (Å²) in [7, 11) is 0. The number of aromatic nitrogens is 2. The fourth-order valence-corrected chi connectivity index (χ4v) is 2.70. The molecule has 0 atom stereocenters. The summed E-state index contributed by atoms with van der Waals surface area (Å²) < 4.78 is 0. The van der Waals surface area contributed by atoms with Crippen LogP contribution in [0.3, 0.4) is 0 Å². The standard InChI is InChI=1S/C16H19N5O/c17-16(22)13-10-18-11-15(20-13)19-7-3-8-21-9-6-12-4-1-2-5-14(12)21/h1-2,4-5,10-11H,3,6-9H2,(H2,17,22)(H,19,20). The van der Waals surface area contributed by atoms with E-state index < -0.39 is 5.91 Å². The van der Waals surface area contributed by atoms with Gasteiger partial charge in [-0.2, -0.15) is 0 Å². The minimum atomic E-state index is -0.565. The molecule has 6 nitrogen and oxygen atoms in total. The number of anilines is 2. The molecule has 1 aromatic carbocycles. The number of hydrogen-bond acceptors (Lipinski definition) is 5. The van der Waals surface area contributed by atoms with Gasteiger partial charge in [-0.3, -0.25) is 9.78 Å². The maximum absolute atomic E-state index is 11.1. The van der Waals surface area contributed by atoms with Gasteiger partial charge in [0.25, 0.3) is 5.91 Å². The van der Waals surface area contributed by atoms with Crippen molar-refractivity contribution in [1.29, 1.82) is 0 Å². The molecule has 6 heteroatoms. The summed E-state index contributed by atoms with van der Waals surface area (Å²) in [6.45, 7) is 2.85. The second kappa shape index (κ2) is 6.43. The van der Waals surface area contributed by atoms with Gasteiger partial charge in [-0.1, -0.05) is 18.2 Å². The SMILES string of the molecule is NC(=O)c1cncc(NCCCN2CCc3ccccc32)n1. The predicted octanol–water partition coefficient (Wildman–Crippen LogP) is 1.44. The van der Waals surface area contributed by atoms with Crippen LogP contribution in [0.2, 0.25) is 0 Å². The van der Waals surface area contributed by atoms with E-state index in [0.29, 0.717) is 5.82 Å². The Kier molecular flexibility index (Phi) is 4.18. The van der Waals surface area contributed by atoms with Crippen molar-refractivity contribution in [2.75, 3.05) is 29.9 Å². The predicted molar refractivity (Wildman–Crippen MR) is 86.0 cm³/mol. The molecule has 2 heterocycles. The maximum Gasteiger partial charge on any atom is 0.268 e. The summed E-state index contributed by atoms with van der Waals surface area (Å²) in [5, 5.41) is 3.18. The molecule has 0 saturated carbocycles. The number of benzene rings is 1. The van der Waals surface area contributed by atoms with Gasteiger partial charge < -0.3 is 16.0 Å². The van der Waals surface area contributed by atoms with Crippen molar-refractivity contribution in [2.45, 2.75) is 12.8 Å². The second-order valence-electron chi connectivity index (χ2n) is 5.30. The number of nitrogens with zero attached hydrogens (tertiary/aromatic N) is 3. The first-order chi connectivity index (χ1) is 10.7. The van der Waals surface area contributed by atoms with Crippen molar-refractivity contribution < 1.29 is 4.79 Å². The molecule has 0 radical (unpaired) electrons. The van der Waals surface area contributed by atoms with E-state index in [4.69, 9.17) is 5.73 Å². The third-order valence-corrected chi connectivity index (χ3v) is 3.78. The third-order valence-electron chi connectivity index (χ3n) is 3.78. The summed E-state index contributed by atoms with van der Waals surface area (Å²) in [4.78, 5) is 21.5. The Bertz CT molecular complexity index is 673. The number of nitrogens with two attached hydrogens (primary N) is 1. The molecule has 0 bridgehead atoms. The quantitative estimate of drug-likeness (QED) is 0.788. The average molecular weight is 297 g/mol. The molecule has 0 saturated heterocycles. The van der Waals surface area contributed by atoms with Gasteiger partial charge in [-0.05, 0) is 24.5 Å². The highest BCUT2D eigenvalue weighted by Gasteiger charge is 2.17. The zero-order valence-electron chi connectivity index (χ0n) is 12.3. The van der Waals surface area contributed by atoms with Gasteiger partial charge >= 0.3 is 0 Å². The van der Waals surface area contributed by atoms with Crippen molar-refractivity contribution in [3.8, 4) is 0 Å². The molecule has 114 valence electrons. The first-order valence-corrected chi connectivity index (χ1v) is 7.42. The summed E-state index contributed by atoms with van der Waals surface area (Å²) in [6.07, 6.45) is 5.07. The summed E-state index contributed by atoms with van der Waals surface area (Å²) in [5.41, 5.74) is 8.14. The first-order valence-electron chi connectivity index (χ1n) is 7.42. The Morgan fingerprint density at radius 1 is 1.32 bits per heavy atom. The van der Waals surface area contributed by atoms with Crippen molar-refractivity contribution >= 4 is 17.4 Å². The van der Waals surface area contributed by atoms with E-state index in [2.05, 4.69) is 44.5 Å². The van der Waals surface area contributed by atoms with Crippen LogP contribution in [0.1, 0.15) is 22.5 Å². The zero-order chi connectivity index (χ0) is 15.4. The Labute approximate surface area is 129 Å². The van der Waals surface area contributed by atoms with Gasteiger partial charge in [0.05, 0.1) is 12.4 Å². The largest absolute Gasteiger partial charge is 0.371 e. The van der Waals surface area contributed by atoms with Crippen LogP contribution >= 0.6 is 0 Å². The van der Waals surface area contributed by atoms with Gasteiger partial charge in [0.2, 0.25) is 0 Å². The van der Waals surface area contributed by atoms with E-state index in [1.54, 1.807) is 6.20 Å². The molecule has 22 heavy (non-hydrogen) atoms. The molecular weight excluding hydrogens is 278 g/mol. The minimum absolute atomic E-state index is 0.179. The summed E-state index contributed by atoms with van der Waals surface area (Å²) in [6, 6.07) is 8.55. The molecule has 2 aromatic rings. The highest BCUT2D eigenvalue weighted by molar-refractivity contribution is 5.90. The smallest absolute Gasteiger partial charge is 0.268 e. The van der Waals surface area contributed by atoms with E-state index in [9.17, 15) is 4.79 Å². The number of para-hydroxylation sites is 1. The highest BCUT2D eigenvalue weighted by atomic mass is 16.1. The van der Waals surface area contributed by atoms with Gasteiger partial charge in [-0.25, -0.2) is 4.98 Å². The number of fused-ring (bicyclic) bond motifs is 1. The Morgan fingerprint density at radius 2 is 2.18 bits per heavy atom. The molecular formula is C16H19N5O. The van der Waals surface area contributed by atoms with Gasteiger partial charge in [0.1, 0.15) is 11.5 Å². The van der Waals surface area contributed by atoms with Crippen molar-refractivity contribution in [3.63, 3.8) is 0 Å². The van der Waals surface area contributed by atoms with Crippen LogP contribution in [-0.4, -0.2) is 35.5 Å². The molecule has 0 fully saturated rings. The fourth-order valence-electron chi connectivity index (χ4n) is 2.70. The van der Waals surface area contributed by atoms with E-state index in [1.807, 2.05) is 0 Å². The number of carbonyl (C=O) groups is 1. The van der Waals surface area contributed by atoms with Gasteiger partial charge in [0, 0.05) is 25.3 Å². The van der Waals surface area contributed by atoms with E-state index in [0.717, 1.165) is 32.5 Å². The van der Waals surface area contributed by atoms with Crippen LogP contribution in [0.5, 0.6) is 0 Å². The number of amides is 1. The normalized spacial score (nSPS) is 13.0. The Balaban J connectivity index is 1.49. The molecule has 1 amide bonds. The van der Waals surface area contributed by atoms with Crippen LogP contribution in [-0.2, 0) is 6.42 Å². The lowest BCUT2D eigenvalue weighted by Crippen LogP contribution is -2.23. The minimum Gasteiger partial charge on any atom is -0.371 e. The lowest BCUT2D eigenvalue weighted by Gasteiger charge is -2.19. The van der Waals surface area contributed by atoms with Gasteiger partial charge in [-0.15, -0.1) is 0 Å². The van der Waals surface area contributed by atoms with Crippen LogP contribution in [0, 0.1) is 0 Å². The molecule has 0 aliphatic carbocycles. The first kappa shape index (κ1) is 14.3. The number of nitrogens with one attached hydrogen (secondary N) is 1. The maximum atomic E-state index is 11.1. The molecule has 1 aromatic heterocycles. The molecule has 1 aliphatic heterocycles. The number of primary amides is 1. The third kappa shape index (κ3) is 3.16. The lowest BCUT2D eigenvalue weighted by atomic mass is 10.2. The Hall–Kier alpha value is -2.63. The topological polar surface area (TPSA) is 84.1 Å². The summed E-state index contributed by atoms with van der Waals surface area (Å²) in [5.74, 6) is 0.0166. The Morgan fingerprint density at radius 3 is 3.05 bits per heavy atom. The number of rotatable bonds is 6. The zero-order valence-corrected chi connectivity index (χ0v) is 12.3. The number of hydrogen-bond donors (Lipinski definition) is 2. The lowest BCUT2D eigenvalue weighted by molar-refractivity contribution is 0.0995. The van der Waals surface area contributed by atoms with E-state index in [1.165, 1.54) is 17.4 Å². The second-order valence-corrected chi connectivity index (χ2v) is 5.30. The molecule has 0 unspecified atom stereocenters. The summed E-state index contributed by atoms with van der Waals surface area (Å²) >= 11 is 0. The fraction of sp³-hybridized carbons (Fsp3) is 0.312. The van der Waals surface area contributed by atoms with E-state index >= 15 is 0 Å². The monoisotopic (exact) mass is 297 g/mol. The van der Waals surface area contributed by atoms with Crippen molar-refractivity contribution in [2.24, 2.45) is 5.73 Å². The average Bonchev–Trinajstić information content (AvgIpc) is 2.95. The molecule has 3 rings (SSSR count). The van der Waals surface area contributed by atoms with E-state index in [-0.39, 0.29) is 5.69 Å². The molecule has 1 aliphatic rings. The van der Waals surface area contributed by atoms with Crippen LogP contribution in [0.15, 0.2) is 36.7 Å². The van der Waals surface area contributed by atoms with Gasteiger partial charge in [0.15, 0.2) is 0 Å². The van der Waals surface area contributed by atoms with Crippen LogP contribution in [0.4, 0.5) is 11.5 Å². The van der Waals surface area contributed by atoms with Crippen LogP contribution in [0.25, 0.3) is 0 Å². The molecule has 3 N–H and O–H groups in total. The number of carbonyl (C=O) groups excluding carboxylic acids is 1.